The van der Waals surface area contributed by atoms with E-state index in [1.165, 1.54) is 12.1 Å². The fraction of sp³-hybridized carbons (Fsp3) is 0.235. The summed E-state index contributed by atoms with van der Waals surface area (Å²) in [4.78, 5) is 14.3. The molecule has 0 bridgehead atoms. The smallest absolute Gasteiger partial charge is 0.255 e. The summed E-state index contributed by atoms with van der Waals surface area (Å²) < 4.78 is 34.1. The van der Waals surface area contributed by atoms with Gasteiger partial charge in [-0.3, -0.25) is 4.79 Å². The van der Waals surface area contributed by atoms with Gasteiger partial charge >= 0.3 is 0 Å². The van der Waals surface area contributed by atoms with Gasteiger partial charge in [-0.15, -0.1) is 0 Å². The summed E-state index contributed by atoms with van der Waals surface area (Å²) in [7, 11) is -0.320. The molecule has 1 aliphatic heterocycles. The molecule has 8 nitrogen and oxygen atoms in total. The minimum absolute atomic E-state index is 0.0828. The van der Waals surface area contributed by atoms with Crippen LogP contribution in [0.2, 0.25) is 0 Å². The Morgan fingerprint density at radius 3 is 2.42 bits per heavy atom. The maximum atomic E-state index is 12.6. The van der Waals surface area contributed by atoms with Crippen molar-refractivity contribution in [3.63, 3.8) is 0 Å². The molecule has 1 heterocycles. The van der Waals surface area contributed by atoms with Gasteiger partial charge in [-0.25, -0.2) is 13.6 Å². The van der Waals surface area contributed by atoms with E-state index in [1.807, 2.05) is 0 Å². The summed E-state index contributed by atoms with van der Waals surface area (Å²) in [6.07, 6.45) is 0. The predicted octanol–water partition coefficient (Wildman–Crippen LogP) is 1.42. The molecule has 0 spiro atoms. The van der Waals surface area contributed by atoms with E-state index < -0.39 is 15.9 Å². The zero-order valence-electron chi connectivity index (χ0n) is 14.4. The van der Waals surface area contributed by atoms with E-state index >= 15 is 0 Å². The number of benzene rings is 2. The van der Waals surface area contributed by atoms with Crippen LogP contribution in [0.25, 0.3) is 0 Å². The minimum atomic E-state index is -3.89. The number of nitrogens with zero attached hydrogens (tertiary/aromatic N) is 1. The fourth-order valence-electron chi connectivity index (χ4n) is 2.56. The molecule has 2 aromatic rings. The molecule has 138 valence electrons. The van der Waals surface area contributed by atoms with Gasteiger partial charge in [-0.2, -0.15) is 0 Å². The number of anilines is 2. The molecule has 0 saturated carbocycles. The first-order valence-electron chi connectivity index (χ1n) is 7.81. The number of sulfonamides is 1. The van der Waals surface area contributed by atoms with Crippen LogP contribution >= 0.6 is 0 Å². The van der Waals surface area contributed by atoms with Crippen molar-refractivity contribution in [2.45, 2.75) is 4.90 Å². The lowest BCUT2D eigenvalue weighted by molar-refractivity contribution is 0.102. The lowest BCUT2D eigenvalue weighted by Crippen LogP contribution is -2.19. The quantitative estimate of drug-likeness (QED) is 0.834. The number of nitrogens with two attached hydrogens (primary N) is 1. The number of rotatable bonds is 4. The molecule has 9 heteroatoms. The summed E-state index contributed by atoms with van der Waals surface area (Å²) in [5.41, 5.74) is 1.34. The van der Waals surface area contributed by atoms with Gasteiger partial charge in [0.15, 0.2) is 11.5 Å². The van der Waals surface area contributed by atoms with Crippen molar-refractivity contribution in [2.75, 3.05) is 37.5 Å². The monoisotopic (exact) mass is 377 g/mol. The minimum Gasteiger partial charge on any atom is -0.486 e. The largest absolute Gasteiger partial charge is 0.486 e. The zero-order valence-corrected chi connectivity index (χ0v) is 15.2. The van der Waals surface area contributed by atoms with Gasteiger partial charge in [0.1, 0.15) is 13.2 Å². The van der Waals surface area contributed by atoms with Crippen LogP contribution < -0.4 is 24.8 Å². The predicted molar refractivity (Wildman–Crippen MR) is 97.5 cm³/mol. The van der Waals surface area contributed by atoms with Crippen LogP contribution in [0.4, 0.5) is 11.4 Å². The molecule has 26 heavy (non-hydrogen) atoms. The molecule has 1 amide bonds. The maximum absolute atomic E-state index is 12.6. The number of nitrogens with one attached hydrogen (secondary N) is 1. The van der Waals surface area contributed by atoms with Gasteiger partial charge in [0.05, 0.1) is 16.3 Å². The zero-order chi connectivity index (χ0) is 18.9. The summed E-state index contributed by atoms with van der Waals surface area (Å²) in [6.45, 7) is 0.879. The first kappa shape index (κ1) is 18.0. The van der Waals surface area contributed by atoms with E-state index in [1.54, 1.807) is 43.3 Å². The molecule has 0 fully saturated rings. The first-order valence-corrected chi connectivity index (χ1v) is 9.35. The third-order valence-corrected chi connectivity index (χ3v) is 4.74. The lowest BCUT2D eigenvalue weighted by atomic mass is 10.1. The van der Waals surface area contributed by atoms with Crippen molar-refractivity contribution in [1.29, 1.82) is 0 Å². The molecule has 0 aromatic heterocycles. The van der Waals surface area contributed by atoms with Crippen molar-refractivity contribution in [1.82, 2.24) is 0 Å². The number of carbonyl (C=O) groups is 1. The Balaban J connectivity index is 1.93. The summed E-state index contributed by atoms with van der Waals surface area (Å²) in [5, 5.41) is 7.92. The molecule has 2 aromatic carbocycles. The van der Waals surface area contributed by atoms with Crippen LogP contribution in [-0.4, -0.2) is 41.6 Å². The topological polar surface area (TPSA) is 111 Å². The van der Waals surface area contributed by atoms with Gasteiger partial charge in [0, 0.05) is 19.7 Å². The molecule has 0 atom stereocenters. The third kappa shape index (κ3) is 3.73. The average molecular weight is 377 g/mol. The Kier molecular flexibility index (Phi) is 4.75. The van der Waals surface area contributed by atoms with Gasteiger partial charge in [-0.05, 0) is 36.4 Å². The van der Waals surface area contributed by atoms with E-state index in [0.717, 1.165) is 0 Å². The second kappa shape index (κ2) is 6.85. The second-order valence-electron chi connectivity index (χ2n) is 5.93. The molecule has 0 saturated heterocycles. The van der Waals surface area contributed by atoms with Gasteiger partial charge in [0.2, 0.25) is 10.0 Å². The highest BCUT2D eigenvalue weighted by Crippen LogP contribution is 2.32. The number of amides is 1. The summed E-state index contributed by atoms with van der Waals surface area (Å²) in [5.74, 6) is 0.671. The average Bonchev–Trinajstić information content (AvgIpc) is 2.60. The highest BCUT2D eigenvalue weighted by Gasteiger charge is 2.18. The van der Waals surface area contributed by atoms with Crippen LogP contribution in [-0.2, 0) is 10.0 Å². The number of hydrogen-bond acceptors (Lipinski definition) is 6. The highest BCUT2D eigenvalue weighted by molar-refractivity contribution is 7.89. The molecular formula is C17H19N3O5S. The van der Waals surface area contributed by atoms with Gasteiger partial charge in [-0.1, -0.05) is 0 Å². The SMILES string of the molecule is CN(C)c1ccc(S(N)(=O)=O)cc1NC(=O)c1ccc2c(c1)OCCO2. The van der Waals surface area contributed by atoms with E-state index in [4.69, 9.17) is 14.6 Å². The molecule has 3 rings (SSSR count). The molecule has 0 unspecified atom stereocenters. The van der Waals surface area contributed by atoms with Crippen molar-refractivity contribution in [3.8, 4) is 11.5 Å². The molecule has 3 N–H and O–H groups in total. The fourth-order valence-corrected chi connectivity index (χ4v) is 3.10. The van der Waals surface area contributed by atoms with E-state index in [-0.39, 0.29) is 4.90 Å². The van der Waals surface area contributed by atoms with Crippen molar-refractivity contribution >= 4 is 27.3 Å². The van der Waals surface area contributed by atoms with Crippen LogP contribution in [0.3, 0.4) is 0 Å². The Bertz CT molecular complexity index is 957. The Morgan fingerprint density at radius 1 is 1.08 bits per heavy atom. The number of ether oxygens (including phenoxy) is 2. The number of carbonyl (C=O) groups excluding carboxylic acids is 1. The Labute approximate surface area is 151 Å². The molecule has 0 radical (unpaired) electrons. The van der Waals surface area contributed by atoms with Gasteiger partial charge in [0.25, 0.3) is 5.91 Å². The van der Waals surface area contributed by atoms with Crippen LogP contribution in [0.15, 0.2) is 41.3 Å². The molecule has 0 aliphatic carbocycles. The van der Waals surface area contributed by atoms with Crippen LogP contribution in [0, 0.1) is 0 Å². The van der Waals surface area contributed by atoms with Gasteiger partial charge < -0.3 is 19.7 Å². The summed E-state index contributed by atoms with van der Waals surface area (Å²) in [6, 6.07) is 9.17. The first-order chi connectivity index (χ1) is 12.3. The number of primary sulfonamides is 1. The number of hydrogen-bond donors (Lipinski definition) is 2. The van der Waals surface area contributed by atoms with Crippen molar-refractivity contribution in [2.24, 2.45) is 5.14 Å². The van der Waals surface area contributed by atoms with E-state index in [9.17, 15) is 13.2 Å². The third-order valence-electron chi connectivity index (χ3n) is 3.83. The summed E-state index contributed by atoms with van der Waals surface area (Å²) >= 11 is 0. The maximum Gasteiger partial charge on any atom is 0.255 e. The standard InChI is InChI=1S/C17H19N3O5S/c1-20(2)14-5-4-12(26(18,22)23)10-13(14)19-17(21)11-3-6-15-16(9-11)25-8-7-24-15/h3-6,9-10H,7-8H2,1-2H3,(H,19,21)(H2,18,22,23). The normalized spacial score (nSPS) is 13.2. The highest BCUT2D eigenvalue weighted by atomic mass is 32.2. The van der Waals surface area contributed by atoms with Crippen molar-refractivity contribution < 1.29 is 22.7 Å². The van der Waals surface area contributed by atoms with E-state index in [0.29, 0.717) is 41.7 Å². The lowest BCUT2D eigenvalue weighted by Gasteiger charge is -2.20. The molecule has 1 aliphatic rings. The Morgan fingerprint density at radius 2 is 1.77 bits per heavy atom. The van der Waals surface area contributed by atoms with Crippen LogP contribution in [0.5, 0.6) is 11.5 Å². The Hall–Kier alpha value is -2.78. The van der Waals surface area contributed by atoms with Crippen molar-refractivity contribution in [3.05, 3.63) is 42.0 Å². The van der Waals surface area contributed by atoms with E-state index in [2.05, 4.69) is 5.32 Å². The molecular weight excluding hydrogens is 358 g/mol. The number of fused-ring (bicyclic) bond motifs is 1. The second-order valence-corrected chi connectivity index (χ2v) is 7.49. The van der Waals surface area contributed by atoms with Crippen LogP contribution in [0.1, 0.15) is 10.4 Å².